The fraction of sp³-hybridized carbons (Fsp3) is 0.429. The summed E-state index contributed by atoms with van der Waals surface area (Å²) in [5.74, 6) is -0.996. The number of nitrogens with zero attached hydrogens (tertiary/aromatic N) is 3. The zero-order chi connectivity index (χ0) is 21.7. The molecule has 1 saturated heterocycles. The highest BCUT2D eigenvalue weighted by atomic mass is 19.4. The van der Waals surface area contributed by atoms with E-state index in [4.69, 9.17) is 0 Å². The van der Waals surface area contributed by atoms with Crippen molar-refractivity contribution in [2.75, 3.05) is 5.32 Å². The number of amides is 1. The number of piperidine rings is 1. The van der Waals surface area contributed by atoms with E-state index in [2.05, 4.69) is 10.4 Å². The molecule has 1 fully saturated rings. The summed E-state index contributed by atoms with van der Waals surface area (Å²) >= 11 is 0. The van der Waals surface area contributed by atoms with Crippen LogP contribution in [-0.4, -0.2) is 38.8 Å². The van der Waals surface area contributed by atoms with Gasteiger partial charge >= 0.3 is 6.18 Å². The molecule has 5 nitrogen and oxygen atoms in total. The molecule has 1 amide bonds. The lowest BCUT2D eigenvalue weighted by atomic mass is 9.83. The minimum atomic E-state index is -4.74. The van der Waals surface area contributed by atoms with Crippen LogP contribution in [0.4, 0.5) is 23.4 Å². The van der Waals surface area contributed by atoms with Gasteiger partial charge in [-0.25, -0.2) is 9.07 Å². The van der Waals surface area contributed by atoms with Gasteiger partial charge in [0, 0.05) is 18.2 Å². The minimum absolute atomic E-state index is 0.0415. The Morgan fingerprint density at radius 1 is 1.13 bits per heavy atom. The largest absolute Gasteiger partial charge is 0.433 e. The average molecular weight is 422 g/mol. The van der Waals surface area contributed by atoms with Crippen molar-refractivity contribution in [3.8, 4) is 0 Å². The predicted molar refractivity (Wildman–Crippen MR) is 104 cm³/mol. The molecule has 0 radical (unpaired) electrons. The zero-order valence-electron chi connectivity index (χ0n) is 16.6. The van der Waals surface area contributed by atoms with Gasteiger partial charge in [-0.15, -0.1) is 0 Å². The highest BCUT2D eigenvalue weighted by molar-refractivity contribution is 5.96. The van der Waals surface area contributed by atoms with E-state index in [1.54, 1.807) is 4.90 Å². The van der Waals surface area contributed by atoms with Crippen LogP contribution in [0.25, 0.3) is 5.70 Å². The summed E-state index contributed by atoms with van der Waals surface area (Å²) < 4.78 is 56.1. The van der Waals surface area contributed by atoms with E-state index in [9.17, 15) is 22.4 Å². The molecule has 3 heterocycles. The van der Waals surface area contributed by atoms with Crippen LogP contribution in [-0.2, 0) is 10.3 Å². The monoisotopic (exact) mass is 422 g/mol. The molecule has 3 unspecified atom stereocenters. The first-order valence-corrected chi connectivity index (χ1v) is 9.85. The molecule has 0 aliphatic carbocycles. The Kier molecular flexibility index (Phi) is 4.86. The SMILES string of the molecule is CC1CCCC(C)N1C(=O)C1(c2ccc(F)cc2)C=C(C(F)(F)F)n2nccc2N1. The number of aromatic nitrogens is 2. The van der Waals surface area contributed by atoms with Crippen LogP contribution in [0.2, 0.25) is 0 Å². The molecule has 2 aliphatic rings. The number of carbonyl (C=O) groups excluding carboxylic acids is 1. The molecule has 1 N–H and O–H groups in total. The van der Waals surface area contributed by atoms with Crippen molar-refractivity contribution in [2.24, 2.45) is 0 Å². The van der Waals surface area contributed by atoms with Gasteiger partial charge in [-0.05, 0) is 56.9 Å². The topological polar surface area (TPSA) is 50.2 Å². The smallest absolute Gasteiger partial charge is 0.349 e. The van der Waals surface area contributed by atoms with Crippen molar-refractivity contribution in [3.63, 3.8) is 0 Å². The van der Waals surface area contributed by atoms with Crippen LogP contribution in [0.15, 0.2) is 42.6 Å². The van der Waals surface area contributed by atoms with Gasteiger partial charge in [0.25, 0.3) is 5.91 Å². The standard InChI is InChI=1S/C21H22F4N4O/c1-13-4-3-5-14(2)28(13)19(30)20(15-6-8-16(22)9-7-15)12-17(21(23,24)25)29-18(27-20)10-11-26-29/h6-14,27H,3-5H2,1-2H3. The van der Waals surface area contributed by atoms with Gasteiger partial charge in [0.2, 0.25) is 0 Å². The van der Waals surface area contributed by atoms with E-state index in [0.29, 0.717) is 0 Å². The van der Waals surface area contributed by atoms with Gasteiger partial charge in [0.1, 0.15) is 17.3 Å². The summed E-state index contributed by atoms with van der Waals surface area (Å²) in [6, 6.07) is 6.09. The predicted octanol–water partition coefficient (Wildman–Crippen LogP) is 4.54. The van der Waals surface area contributed by atoms with Crippen molar-refractivity contribution < 1.29 is 22.4 Å². The molecule has 0 saturated carbocycles. The molecule has 3 atom stereocenters. The van der Waals surface area contributed by atoms with Crippen molar-refractivity contribution >= 4 is 17.4 Å². The Morgan fingerprint density at radius 3 is 2.37 bits per heavy atom. The highest BCUT2D eigenvalue weighted by Crippen LogP contribution is 2.43. The molecule has 1 aromatic carbocycles. The summed E-state index contributed by atoms with van der Waals surface area (Å²) in [5, 5.41) is 6.74. The second-order valence-corrected chi connectivity index (χ2v) is 7.94. The quantitative estimate of drug-likeness (QED) is 0.724. The minimum Gasteiger partial charge on any atom is -0.349 e. The van der Waals surface area contributed by atoms with Gasteiger partial charge in [-0.3, -0.25) is 4.79 Å². The van der Waals surface area contributed by atoms with Crippen molar-refractivity contribution in [2.45, 2.75) is 56.9 Å². The Bertz CT molecular complexity index is 972. The molecule has 9 heteroatoms. The highest BCUT2D eigenvalue weighted by Gasteiger charge is 2.51. The second kappa shape index (κ2) is 7.14. The first-order chi connectivity index (χ1) is 14.1. The molecule has 0 spiro atoms. The number of likely N-dealkylation sites (tertiary alicyclic amines) is 1. The number of hydrogen-bond donors (Lipinski definition) is 1. The average Bonchev–Trinajstić information content (AvgIpc) is 3.14. The van der Waals surface area contributed by atoms with Crippen LogP contribution in [0.5, 0.6) is 0 Å². The lowest BCUT2D eigenvalue weighted by molar-refractivity contribution is -0.141. The van der Waals surface area contributed by atoms with E-state index in [1.165, 1.54) is 24.4 Å². The summed E-state index contributed by atoms with van der Waals surface area (Å²) in [6.45, 7) is 3.79. The molecular formula is C21H22F4N4O. The maximum absolute atomic E-state index is 13.9. The Balaban J connectivity index is 1.93. The third kappa shape index (κ3) is 3.26. The fourth-order valence-corrected chi connectivity index (χ4v) is 4.43. The third-order valence-corrected chi connectivity index (χ3v) is 5.90. The number of fused-ring (bicyclic) bond motifs is 1. The lowest BCUT2D eigenvalue weighted by Gasteiger charge is -2.46. The summed E-state index contributed by atoms with van der Waals surface area (Å²) in [5.41, 5.74) is -2.67. The number of carbonyl (C=O) groups is 1. The molecular weight excluding hydrogens is 400 g/mol. The number of rotatable bonds is 2. The number of benzene rings is 1. The molecule has 1 aromatic heterocycles. The van der Waals surface area contributed by atoms with Crippen LogP contribution < -0.4 is 5.32 Å². The van der Waals surface area contributed by atoms with Gasteiger partial charge in [0.05, 0.1) is 6.20 Å². The molecule has 160 valence electrons. The van der Waals surface area contributed by atoms with Gasteiger partial charge < -0.3 is 10.2 Å². The zero-order valence-corrected chi connectivity index (χ0v) is 16.6. The van der Waals surface area contributed by atoms with E-state index in [0.717, 1.165) is 42.2 Å². The number of nitrogens with one attached hydrogen (secondary N) is 1. The van der Waals surface area contributed by atoms with Gasteiger partial charge in [-0.1, -0.05) is 12.1 Å². The Hall–Kier alpha value is -2.84. The van der Waals surface area contributed by atoms with Crippen molar-refractivity contribution in [3.05, 3.63) is 54.0 Å². The number of anilines is 1. The van der Waals surface area contributed by atoms with Gasteiger partial charge in [0.15, 0.2) is 5.54 Å². The van der Waals surface area contributed by atoms with Crippen LogP contribution in [0, 0.1) is 5.82 Å². The first-order valence-electron chi connectivity index (χ1n) is 9.85. The van der Waals surface area contributed by atoms with E-state index in [1.807, 2.05) is 13.8 Å². The van der Waals surface area contributed by atoms with Crippen LogP contribution in [0.1, 0.15) is 38.7 Å². The van der Waals surface area contributed by atoms with Crippen LogP contribution >= 0.6 is 0 Å². The first kappa shape index (κ1) is 20.4. The maximum Gasteiger partial charge on any atom is 0.433 e. The Labute approximate surface area is 171 Å². The molecule has 30 heavy (non-hydrogen) atoms. The normalized spacial score (nSPS) is 26.6. The number of hydrogen-bond acceptors (Lipinski definition) is 3. The number of allylic oxidation sites excluding steroid dienone is 1. The summed E-state index contributed by atoms with van der Waals surface area (Å²) in [6.07, 6.45) is -0.157. The molecule has 4 rings (SSSR count). The number of alkyl halides is 3. The third-order valence-electron chi connectivity index (χ3n) is 5.90. The fourth-order valence-electron chi connectivity index (χ4n) is 4.43. The lowest BCUT2D eigenvalue weighted by Crippen LogP contribution is -2.58. The Morgan fingerprint density at radius 2 is 1.77 bits per heavy atom. The van der Waals surface area contributed by atoms with E-state index in [-0.39, 0.29) is 23.5 Å². The number of halogens is 4. The van der Waals surface area contributed by atoms with Gasteiger partial charge in [-0.2, -0.15) is 18.3 Å². The van der Waals surface area contributed by atoms with E-state index >= 15 is 0 Å². The maximum atomic E-state index is 13.9. The van der Waals surface area contributed by atoms with E-state index < -0.39 is 29.1 Å². The summed E-state index contributed by atoms with van der Waals surface area (Å²) in [4.78, 5) is 15.6. The van der Waals surface area contributed by atoms with Crippen molar-refractivity contribution in [1.82, 2.24) is 14.7 Å². The second-order valence-electron chi connectivity index (χ2n) is 7.94. The molecule has 2 aromatic rings. The van der Waals surface area contributed by atoms with Crippen LogP contribution in [0.3, 0.4) is 0 Å². The summed E-state index contributed by atoms with van der Waals surface area (Å²) in [7, 11) is 0. The molecule has 2 aliphatic heterocycles. The van der Waals surface area contributed by atoms with Crippen molar-refractivity contribution in [1.29, 1.82) is 0 Å². The molecule has 0 bridgehead atoms.